The van der Waals surface area contributed by atoms with Crippen LogP contribution in [0.4, 0.5) is 0 Å². The summed E-state index contributed by atoms with van der Waals surface area (Å²) >= 11 is 0. The van der Waals surface area contributed by atoms with Crippen LogP contribution in [0.25, 0.3) is 0 Å². The van der Waals surface area contributed by atoms with Crippen LogP contribution in [0.2, 0.25) is 0 Å². The lowest BCUT2D eigenvalue weighted by molar-refractivity contribution is -0.115. The van der Waals surface area contributed by atoms with Crippen molar-refractivity contribution in [2.45, 2.75) is 13.3 Å². The minimum Gasteiger partial charge on any atom is -0.294 e. The van der Waals surface area contributed by atoms with Crippen LogP contribution in [0, 0.1) is 0 Å². The van der Waals surface area contributed by atoms with E-state index in [-0.39, 0.29) is 12.2 Å². The zero-order valence-electron chi connectivity index (χ0n) is 7.24. The van der Waals surface area contributed by atoms with Gasteiger partial charge in [0, 0.05) is 7.05 Å². The van der Waals surface area contributed by atoms with Crippen molar-refractivity contribution in [3.8, 4) is 0 Å². The van der Waals surface area contributed by atoms with E-state index in [1.165, 1.54) is 6.33 Å². The summed E-state index contributed by atoms with van der Waals surface area (Å²) in [6.45, 7) is 5.25. The summed E-state index contributed by atoms with van der Waals surface area (Å²) in [6, 6.07) is 0. The molecule has 4 heteroatoms. The Labute approximate surface area is 70.9 Å². The van der Waals surface area contributed by atoms with Crippen LogP contribution < -0.4 is 0 Å². The number of carbonyl (C=O) groups excluding carboxylic acids is 1. The van der Waals surface area contributed by atoms with Gasteiger partial charge in [0.05, 0.1) is 6.42 Å². The van der Waals surface area contributed by atoms with Gasteiger partial charge in [0.1, 0.15) is 12.2 Å². The zero-order valence-corrected chi connectivity index (χ0v) is 7.24. The Kier molecular flexibility index (Phi) is 2.38. The van der Waals surface area contributed by atoms with Gasteiger partial charge in [-0.3, -0.25) is 9.48 Å². The van der Waals surface area contributed by atoms with Gasteiger partial charge in [0.2, 0.25) is 0 Å². The lowest BCUT2D eigenvalue weighted by atomic mass is 10.1. The van der Waals surface area contributed by atoms with Crippen molar-refractivity contribution in [2.24, 2.45) is 7.05 Å². The Hall–Kier alpha value is -1.45. The quantitative estimate of drug-likeness (QED) is 0.613. The van der Waals surface area contributed by atoms with Gasteiger partial charge in [-0.05, 0) is 12.5 Å². The predicted molar refractivity (Wildman–Crippen MR) is 44.5 cm³/mol. The van der Waals surface area contributed by atoms with Gasteiger partial charge >= 0.3 is 0 Å². The SMILES string of the molecule is C=C(C)C(=O)Cc1ncnn1C. The molecule has 0 saturated heterocycles. The number of allylic oxidation sites excluding steroid dienone is 1. The maximum atomic E-state index is 11.2. The highest BCUT2D eigenvalue weighted by Crippen LogP contribution is 1.98. The summed E-state index contributed by atoms with van der Waals surface area (Å²) < 4.78 is 1.58. The van der Waals surface area contributed by atoms with Gasteiger partial charge in [-0.15, -0.1) is 0 Å². The largest absolute Gasteiger partial charge is 0.294 e. The van der Waals surface area contributed by atoms with Gasteiger partial charge in [-0.2, -0.15) is 5.10 Å². The molecule has 0 N–H and O–H groups in total. The molecule has 0 radical (unpaired) electrons. The number of ketones is 1. The van der Waals surface area contributed by atoms with Gasteiger partial charge in [-0.1, -0.05) is 6.58 Å². The van der Waals surface area contributed by atoms with Crippen LogP contribution in [0.1, 0.15) is 12.7 Å². The molecule has 1 rings (SSSR count). The van der Waals surface area contributed by atoms with Crippen LogP contribution >= 0.6 is 0 Å². The van der Waals surface area contributed by atoms with Crippen molar-refractivity contribution in [3.05, 3.63) is 24.3 Å². The number of aromatic nitrogens is 3. The molecular weight excluding hydrogens is 154 g/mol. The number of aryl methyl sites for hydroxylation is 1. The lowest BCUT2D eigenvalue weighted by Crippen LogP contribution is -2.08. The van der Waals surface area contributed by atoms with E-state index in [1.807, 2.05) is 0 Å². The van der Waals surface area contributed by atoms with Gasteiger partial charge in [-0.25, -0.2) is 4.98 Å². The maximum Gasteiger partial charge on any atom is 0.165 e. The summed E-state index contributed by atoms with van der Waals surface area (Å²) in [5.74, 6) is 0.675. The van der Waals surface area contributed by atoms with Crippen LogP contribution in [0.5, 0.6) is 0 Å². The molecule has 0 atom stereocenters. The Balaban J connectivity index is 2.71. The number of Topliss-reactive ketones (excluding diaryl/α,β-unsaturated/α-hetero) is 1. The molecule has 0 unspecified atom stereocenters. The lowest BCUT2D eigenvalue weighted by Gasteiger charge is -1.98. The highest BCUT2D eigenvalue weighted by molar-refractivity contribution is 5.95. The van der Waals surface area contributed by atoms with Crippen LogP contribution in [-0.4, -0.2) is 20.5 Å². The van der Waals surface area contributed by atoms with E-state index in [0.717, 1.165) is 0 Å². The second-order valence-corrected chi connectivity index (χ2v) is 2.68. The Morgan fingerprint density at radius 1 is 1.75 bits per heavy atom. The number of hydrogen-bond acceptors (Lipinski definition) is 3. The first-order chi connectivity index (χ1) is 5.61. The van der Waals surface area contributed by atoms with Crippen molar-refractivity contribution >= 4 is 5.78 Å². The van der Waals surface area contributed by atoms with Gasteiger partial charge < -0.3 is 0 Å². The Morgan fingerprint density at radius 3 is 2.83 bits per heavy atom. The van der Waals surface area contributed by atoms with E-state index >= 15 is 0 Å². The van der Waals surface area contributed by atoms with E-state index in [9.17, 15) is 4.79 Å². The van der Waals surface area contributed by atoms with Crippen molar-refractivity contribution in [1.29, 1.82) is 0 Å². The molecule has 1 aromatic heterocycles. The standard InChI is InChI=1S/C8H11N3O/c1-6(2)7(12)4-8-9-5-10-11(8)3/h5H,1,4H2,2-3H3. The number of hydrogen-bond donors (Lipinski definition) is 0. The van der Waals surface area contributed by atoms with Crippen molar-refractivity contribution < 1.29 is 4.79 Å². The maximum absolute atomic E-state index is 11.2. The molecule has 0 aliphatic heterocycles. The Morgan fingerprint density at radius 2 is 2.42 bits per heavy atom. The van der Waals surface area contributed by atoms with E-state index in [4.69, 9.17) is 0 Å². The summed E-state index contributed by atoms with van der Waals surface area (Å²) in [6.07, 6.45) is 1.72. The highest BCUT2D eigenvalue weighted by Gasteiger charge is 2.07. The van der Waals surface area contributed by atoms with Crippen LogP contribution in [0.3, 0.4) is 0 Å². The topological polar surface area (TPSA) is 47.8 Å². The molecule has 1 heterocycles. The van der Waals surface area contributed by atoms with Crippen molar-refractivity contribution in [3.63, 3.8) is 0 Å². The third-order valence-electron chi connectivity index (χ3n) is 1.60. The molecule has 4 nitrogen and oxygen atoms in total. The first-order valence-electron chi connectivity index (χ1n) is 3.63. The van der Waals surface area contributed by atoms with Crippen molar-refractivity contribution in [2.75, 3.05) is 0 Å². The second kappa shape index (κ2) is 3.30. The average Bonchev–Trinajstić information content (AvgIpc) is 2.36. The molecule has 0 aromatic carbocycles. The first-order valence-corrected chi connectivity index (χ1v) is 3.63. The fraction of sp³-hybridized carbons (Fsp3) is 0.375. The average molecular weight is 165 g/mol. The first kappa shape index (κ1) is 8.64. The highest BCUT2D eigenvalue weighted by atomic mass is 16.1. The van der Waals surface area contributed by atoms with E-state index in [1.54, 1.807) is 18.7 Å². The molecule has 0 bridgehead atoms. The summed E-state index contributed by atoms with van der Waals surface area (Å²) in [7, 11) is 1.76. The monoisotopic (exact) mass is 165 g/mol. The molecule has 0 saturated carbocycles. The molecule has 12 heavy (non-hydrogen) atoms. The zero-order chi connectivity index (χ0) is 9.14. The molecule has 1 aromatic rings. The minimum absolute atomic E-state index is 0.00565. The third kappa shape index (κ3) is 1.78. The molecule has 0 amide bonds. The molecular formula is C8H11N3O. The van der Waals surface area contributed by atoms with Crippen LogP contribution in [0.15, 0.2) is 18.5 Å². The van der Waals surface area contributed by atoms with E-state index in [2.05, 4.69) is 16.7 Å². The fourth-order valence-corrected chi connectivity index (χ4v) is 0.775. The number of nitrogens with zero attached hydrogens (tertiary/aromatic N) is 3. The van der Waals surface area contributed by atoms with Gasteiger partial charge in [0.25, 0.3) is 0 Å². The fourth-order valence-electron chi connectivity index (χ4n) is 0.775. The normalized spacial score (nSPS) is 9.83. The van der Waals surface area contributed by atoms with E-state index in [0.29, 0.717) is 11.4 Å². The number of rotatable bonds is 3. The molecule has 0 aliphatic rings. The second-order valence-electron chi connectivity index (χ2n) is 2.68. The molecule has 0 spiro atoms. The molecule has 0 aliphatic carbocycles. The van der Waals surface area contributed by atoms with Gasteiger partial charge in [0.15, 0.2) is 5.78 Å². The molecule has 0 fully saturated rings. The summed E-state index contributed by atoms with van der Waals surface area (Å²) in [4.78, 5) is 15.1. The minimum atomic E-state index is 0.00565. The smallest absolute Gasteiger partial charge is 0.165 e. The van der Waals surface area contributed by atoms with Crippen molar-refractivity contribution in [1.82, 2.24) is 14.8 Å². The van der Waals surface area contributed by atoms with E-state index < -0.39 is 0 Å². The predicted octanol–water partition coefficient (Wildman–Crippen LogP) is 0.503. The summed E-state index contributed by atoms with van der Waals surface area (Å²) in [5.41, 5.74) is 0.554. The third-order valence-corrected chi connectivity index (χ3v) is 1.60. The summed E-state index contributed by atoms with van der Waals surface area (Å²) in [5, 5.41) is 3.85. The molecule has 64 valence electrons. The van der Waals surface area contributed by atoms with Crippen LogP contribution in [-0.2, 0) is 18.3 Å². The number of carbonyl (C=O) groups is 1. The Bertz CT molecular complexity index is 314.